The van der Waals surface area contributed by atoms with E-state index in [1.54, 1.807) is 17.4 Å². The molecule has 1 unspecified atom stereocenters. The standard InChI is InChI=1S/C12H17NOS/c1-9(4-5-14)6-10(2)7-12-8-15-11(3)13-12/h4-5,7-9,14H,6H2,1-3H3. The van der Waals surface area contributed by atoms with Gasteiger partial charge in [0.25, 0.3) is 0 Å². The molecule has 0 bridgehead atoms. The third-order valence-corrected chi connectivity index (χ3v) is 2.88. The number of rotatable bonds is 4. The first-order valence-corrected chi connectivity index (χ1v) is 5.90. The first kappa shape index (κ1) is 12.0. The quantitative estimate of drug-likeness (QED) is 0.784. The van der Waals surface area contributed by atoms with Crippen molar-refractivity contribution in [1.29, 1.82) is 0 Å². The van der Waals surface area contributed by atoms with Gasteiger partial charge in [-0.15, -0.1) is 11.3 Å². The van der Waals surface area contributed by atoms with Gasteiger partial charge in [-0.3, -0.25) is 0 Å². The zero-order chi connectivity index (χ0) is 11.3. The van der Waals surface area contributed by atoms with Gasteiger partial charge in [0.15, 0.2) is 0 Å². The Hall–Kier alpha value is -1.09. The van der Waals surface area contributed by atoms with Gasteiger partial charge in [0.1, 0.15) is 0 Å². The Morgan fingerprint density at radius 1 is 1.67 bits per heavy atom. The van der Waals surface area contributed by atoms with Crippen LogP contribution in [0.5, 0.6) is 0 Å². The molecule has 1 aromatic rings. The summed E-state index contributed by atoms with van der Waals surface area (Å²) in [6, 6.07) is 0. The summed E-state index contributed by atoms with van der Waals surface area (Å²) in [5.41, 5.74) is 2.32. The number of allylic oxidation sites excluding steroid dienone is 2. The normalized spacial score (nSPS) is 14.7. The monoisotopic (exact) mass is 223 g/mol. The number of thiazole rings is 1. The van der Waals surface area contributed by atoms with E-state index in [4.69, 9.17) is 5.11 Å². The molecule has 1 atom stereocenters. The Kier molecular flexibility index (Phi) is 4.56. The summed E-state index contributed by atoms with van der Waals surface area (Å²) in [5.74, 6) is 0.367. The van der Waals surface area contributed by atoms with E-state index in [0.717, 1.165) is 23.4 Å². The largest absolute Gasteiger partial charge is 0.516 e. The molecule has 0 spiro atoms. The van der Waals surface area contributed by atoms with Gasteiger partial charge in [0, 0.05) is 5.38 Å². The maximum Gasteiger partial charge on any atom is 0.0901 e. The minimum absolute atomic E-state index is 0.367. The first-order valence-electron chi connectivity index (χ1n) is 5.02. The zero-order valence-electron chi connectivity index (χ0n) is 9.40. The van der Waals surface area contributed by atoms with E-state index < -0.39 is 0 Å². The molecule has 0 radical (unpaired) electrons. The molecule has 0 saturated heterocycles. The van der Waals surface area contributed by atoms with Crippen LogP contribution in [-0.2, 0) is 0 Å². The Balaban J connectivity index is 2.60. The second-order valence-electron chi connectivity index (χ2n) is 3.81. The number of aryl methyl sites for hydroxylation is 1. The van der Waals surface area contributed by atoms with Crippen molar-refractivity contribution in [3.05, 3.63) is 34.0 Å². The van der Waals surface area contributed by atoms with Crippen LogP contribution >= 0.6 is 11.3 Å². The smallest absolute Gasteiger partial charge is 0.0901 e. The molecule has 1 heterocycles. The van der Waals surface area contributed by atoms with E-state index in [-0.39, 0.29) is 0 Å². The summed E-state index contributed by atoms with van der Waals surface area (Å²) < 4.78 is 0. The van der Waals surface area contributed by atoms with Crippen molar-refractivity contribution in [3.8, 4) is 0 Å². The lowest BCUT2D eigenvalue weighted by Crippen LogP contribution is -1.90. The summed E-state index contributed by atoms with van der Waals surface area (Å²) in [6.07, 6.45) is 5.97. The number of aromatic nitrogens is 1. The third-order valence-electron chi connectivity index (χ3n) is 2.09. The number of hydrogen-bond donors (Lipinski definition) is 1. The van der Waals surface area contributed by atoms with Crippen molar-refractivity contribution in [2.45, 2.75) is 27.2 Å². The van der Waals surface area contributed by atoms with E-state index in [1.165, 1.54) is 5.57 Å². The molecule has 1 N–H and O–H groups in total. The topological polar surface area (TPSA) is 33.1 Å². The molecule has 0 aliphatic carbocycles. The van der Waals surface area contributed by atoms with E-state index in [2.05, 4.69) is 30.3 Å². The van der Waals surface area contributed by atoms with Crippen molar-refractivity contribution < 1.29 is 5.11 Å². The van der Waals surface area contributed by atoms with Crippen molar-refractivity contribution >= 4 is 17.4 Å². The Labute approximate surface area is 95.0 Å². The lowest BCUT2D eigenvalue weighted by atomic mass is 10.0. The Bertz CT molecular complexity index is 365. The van der Waals surface area contributed by atoms with E-state index in [1.807, 2.05) is 6.92 Å². The zero-order valence-corrected chi connectivity index (χ0v) is 10.2. The van der Waals surface area contributed by atoms with E-state index in [9.17, 15) is 0 Å². The van der Waals surface area contributed by atoms with Crippen LogP contribution in [0.3, 0.4) is 0 Å². The van der Waals surface area contributed by atoms with Gasteiger partial charge in [0.2, 0.25) is 0 Å². The summed E-state index contributed by atoms with van der Waals surface area (Å²) in [6.45, 7) is 6.18. The molecule has 2 nitrogen and oxygen atoms in total. The van der Waals surface area contributed by atoms with E-state index in [0.29, 0.717) is 5.92 Å². The number of aliphatic hydroxyl groups excluding tert-OH is 1. The van der Waals surface area contributed by atoms with Crippen LogP contribution in [0.1, 0.15) is 31.0 Å². The Morgan fingerprint density at radius 3 is 2.93 bits per heavy atom. The number of aliphatic hydroxyl groups is 1. The van der Waals surface area contributed by atoms with Gasteiger partial charge in [-0.1, -0.05) is 12.5 Å². The molecular weight excluding hydrogens is 206 g/mol. The molecule has 0 fully saturated rings. The van der Waals surface area contributed by atoms with Crippen molar-refractivity contribution in [3.63, 3.8) is 0 Å². The highest BCUT2D eigenvalue weighted by atomic mass is 32.1. The molecule has 3 heteroatoms. The molecule has 0 amide bonds. The van der Waals surface area contributed by atoms with Crippen molar-refractivity contribution in [2.75, 3.05) is 0 Å². The minimum atomic E-state index is 0.367. The molecule has 0 aromatic carbocycles. The third kappa shape index (κ3) is 4.30. The average Bonchev–Trinajstić information content (AvgIpc) is 2.51. The summed E-state index contributed by atoms with van der Waals surface area (Å²) in [5, 5.41) is 11.8. The fourth-order valence-corrected chi connectivity index (χ4v) is 2.05. The lowest BCUT2D eigenvalue weighted by Gasteiger charge is -2.04. The summed E-state index contributed by atoms with van der Waals surface area (Å²) >= 11 is 1.67. The lowest BCUT2D eigenvalue weighted by molar-refractivity contribution is 0.465. The highest BCUT2D eigenvalue weighted by Crippen LogP contribution is 2.17. The van der Waals surface area contributed by atoms with Gasteiger partial charge < -0.3 is 5.11 Å². The van der Waals surface area contributed by atoms with Crippen LogP contribution in [0, 0.1) is 12.8 Å². The van der Waals surface area contributed by atoms with Gasteiger partial charge in [-0.05, 0) is 38.3 Å². The molecular formula is C12H17NOS. The highest BCUT2D eigenvalue weighted by Gasteiger charge is 2.00. The van der Waals surface area contributed by atoms with Crippen molar-refractivity contribution in [2.24, 2.45) is 5.92 Å². The summed E-state index contributed by atoms with van der Waals surface area (Å²) in [4.78, 5) is 4.38. The molecule has 15 heavy (non-hydrogen) atoms. The maximum atomic E-state index is 8.63. The minimum Gasteiger partial charge on any atom is -0.516 e. The number of hydrogen-bond acceptors (Lipinski definition) is 3. The van der Waals surface area contributed by atoms with Crippen LogP contribution in [-0.4, -0.2) is 10.1 Å². The molecule has 0 aliphatic heterocycles. The summed E-state index contributed by atoms with van der Waals surface area (Å²) in [7, 11) is 0. The van der Waals surface area contributed by atoms with Gasteiger partial charge in [-0.2, -0.15) is 0 Å². The van der Waals surface area contributed by atoms with E-state index >= 15 is 0 Å². The molecule has 0 saturated carbocycles. The highest BCUT2D eigenvalue weighted by molar-refractivity contribution is 7.09. The second kappa shape index (κ2) is 5.71. The molecule has 0 aliphatic rings. The molecule has 1 rings (SSSR count). The van der Waals surface area contributed by atoms with Gasteiger partial charge in [0.05, 0.1) is 17.0 Å². The molecule has 1 aromatic heterocycles. The fraction of sp³-hybridized carbons (Fsp3) is 0.417. The number of nitrogens with zero attached hydrogens (tertiary/aromatic N) is 1. The van der Waals surface area contributed by atoms with Gasteiger partial charge >= 0.3 is 0 Å². The van der Waals surface area contributed by atoms with Crippen LogP contribution in [0.2, 0.25) is 0 Å². The Morgan fingerprint density at radius 2 is 2.40 bits per heavy atom. The average molecular weight is 223 g/mol. The SMILES string of the molecule is CC(=Cc1csc(C)n1)CC(C)C=CO. The van der Waals surface area contributed by atoms with Crippen LogP contribution < -0.4 is 0 Å². The van der Waals surface area contributed by atoms with Crippen molar-refractivity contribution in [1.82, 2.24) is 4.98 Å². The predicted octanol–water partition coefficient (Wildman–Crippen LogP) is 3.95. The van der Waals surface area contributed by atoms with Crippen LogP contribution in [0.25, 0.3) is 6.08 Å². The molecule has 82 valence electrons. The predicted molar refractivity (Wildman–Crippen MR) is 66.1 cm³/mol. The van der Waals surface area contributed by atoms with Crippen LogP contribution in [0.15, 0.2) is 23.3 Å². The first-order chi connectivity index (χ1) is 7.11. The maximum absolute atomic E-state index is 8.63. The van der Waals surface area contributed by atoms with Crippen LogP contribution in [0.4, 0.5) is 0 Å². The van der Waals surface area contributed by atoms with Gasteiger partial charge in [-0.25, -0.2) is 4.98 Å². The fourth-order valence-electron chi connectivity index (χ4n) is 1.48. The second-order valence-corrected chi connectivity index (χ2v) is 4.87.